The quantitative estimate of drug-likeness (QED) is 0.432. The summed E-state index contributed by atoms with van der Waals surface area (Å²) in [6, 6.07) is 9.18. The fourth-order valence-electron chi connectivity index (χ4n) is 1.29. The number of Topliss-reactive ketones (excluding diaryl/α,β-unsaturated/α-hetero) is 1. The van der Waals surface area contributed by atoms with Gasteiger partial charge in [-0.2, -0.15) is 0 Å². The van der Waals surface area contributed by atoms with Gasteiger partial charge >= 0.3 is 5.97 Å². The number of rotatable bonds is 4. The minimum absolute atomic E-state index is 0.147. The number of hydrogen-bond donors (Lipinski definition) is 0. The first-order valence-electron chi connectivity index (χ1n) is 4.81. The Hall–Kier alpha value is -1.97. The van der Waals surface area contributed by atoms with Crippen LogP contribution in [0, 0.1) is 0 Å². The minimum atomic E-state index is -0.691. The Bertz CT molecular complexity index is 410. The monoisotopic (exact) mass is 219 g/mol. The number of benzene rings is 1. The maximum absolute atomic E-state index is 11.7. The molecule has 1 aromatic carbocycles. The molecule has 84 valence electrons. The number of aliphatic imine (C=N–C) groups is 1. The average molecular weight is 219 g/mol. The number of carbonyl (C=O) groups is 2. The fraction of sp³-hybridized carbons (Fsp3) is 0.250. The lowest BCUT2D eigenvalue weighted by Crippen LogP contribution is -2.26. The van der Waals surface area contributed by atoms with Crippen LogP contribution < -0.4 is 0 Å². The van der Waals surface area contributed by atoms with Crippen LogP contribution in [0.25, 0.3) is 0 Å². The summed E-state index contributed by atoms with van der Waals surface area (Å²) >= 11 is 0. The van der Waals surface area contributed by atoms with Gasteiger partial charge in [0.05, 0.1) is 7.11 Å². The SMILES string of the molecule is CN=C(C(=O)Cc1ccccc1)C(=O)OC. The lowest BCUT2D eigenvalue weighted by atomic mass is 10.1. The van der Waals surface area contributed by atoms with Crippen molar-refractivity contribution in [3.05, 3.63) is 35.9 Å². The molecule has 0 aliphatic carbocycles. The zero-order chi connectivity index (χ0) is 12.0. The molecule has 4 nitrogen and oxygen atoms in total. The largest absolute Gasteiger partial charge is 0.464 e. The molecule has 16 heavy (non-hydrogen) atoms. The highest BCUT2D eigenvalue weighted by molar-refractivity contribution is 6.64. The highest BCUT2D eigenvalue weighted by Crippen LogP contribution is 2.01. The van der Waals surface area contributed by atoms with Gasteiger partial charge in [0.25, 0.3) is 0 Å². The van der Waals surface area contributed by atoms with Gasteiger partial charge in [0, 0.05) is 13.5 Å². The highest BCUT2D eigenvalue weighted by atomic mass is 16.5. The van der Waals surface area contributed by atoms with E-state index in [0.29, 0.717) is 0 Å². The first kappa shape index (κ1) is 12.1. The molecule has 0 spiro atoms. The van der Waals surface area contributed by atoms with Crippen LogP contribution in [-0.2, 0) is 20.7 Å². The molecule has 0 saturated heterocycles. The summed E-state index contributed by atoms with van der Waals surface area (Å²) in [5.41, 5.74) is 0.698. The molecule has 0 amide bonds. The number of nitrogens with zero attached hydrogens (tertiary/aromatic N) is 1. The maximum atomic E-state index is 11.7. The van der Waals surface area contributed by atoms with E-state index in [1.54, 1.807) is 0 Å². The van der Waals surface area contributed by atoms with Gasteiger partial charge in [-0.25, -0.2) is 4.79 Å². The van der Waals surface area contributed by atoms with Crippen molar-refractivity contribution in [1.82, 2.24) is 0 Å². The van der Waals surface area contributed by atoms with Crippen molar-refractivity contribution in [2.75, 3.05) is 14.2 Å². The Morgan fingerprint density at radius 1 is 1.25 bits per heavy atom. The summed E-state index contributed by atoms with van der Waals surface area (Å²) in [7, 11) is 2.62. The normalized spacial score (nSPS) is 11.0. The molecule has 0 aliphatic rings. The molecule has 1 rings (SSSR count). The molecule has 1 aromatic rings. The lowest BCUT2D eigenvalue weighted by Gasteiger charge is -2.02. The summed E-state index contributed by atoms with van der Waals surface area (Å²) in [6.07, 6.45) is 0.155. The van der Waals surface area contributed by atoms with E-state index in [4.69, 9.17) is 0 Å². The number of methoxy groups -OCH3 is 1. The van der Waals surface area contributed by atoms with Crippen LogP contribution in [0.5, 0.6) is 0 Å². The van der Waals surface area contributed by atoms with Gasteiger partial charge in [-0.3, -0.25) is 9.79 Å². The van der Waals surface area contributed by atoms with Crippen LogP contribution >= 0.6 is 0 Å². The third kappa shape index (κ3) is 3.02. The van der Waals surface area contributed by atoms with Gasteiger partial charge in [0.2, 0.25) is 0 Å². The Kier molecular flexibility index (Phi) is 4.39. The first-order valence-corrected chi connectivity index (χ1v) is 4.81. The number of carbonyl (C=O) groups excluding carboxylic acids is 2. The average Bonchev–Trinajstić information content (AvgIpc) is 2.31. The van der Waals surface area contributed by atoms with Gasteiger partial charge < -0.3 is 4.74 Å². The molecule has 0 saturated carbocycles. The van der Waals surface area contributed by atoms with E-state index in [1.165, 1.54) is 14.2 Å². The van der Waals surface area contributed by atoms with Gasteiger partial charge in [-0.15, -0.1) is 0 Å². The lowest BCUT2D eigenvalue weighted by molar-refractivity contribution is -0.133. The van der Waals surface area contributed by atoms with Crippen molar-refractivity contribution in [2.45, 2.75) is 6.42 Å². The van der Waals surface area contributed by atoms with Crippen molar-refractivity contribution in [1.29, 1.82) is 0 Å². The molecule has 0 radical (unpaired) electrons. The Morgan fingerprint density at radius 3 is 2.38 bits per heavy atom. The van der Waals surface area contributed by atoms with Crippen LogP contribution in [0.15, 0.2) is 35.3 Å². The van der Waals surface area contributed by atoms with Gasteiger partial charge in [-0.05, 0) is 5.56 Å². The molecular weight excluding hydrogens is 206 g/mol. The Balaban J connectivity index is 2.76. The van der Waals surface area contributed by atoms with Crippen LogP contribution in [0.2, 0.25) is 0 Å². The van der Waals surface area contributed by atoms with Crippen LogP contribution in [0.4, 0.5) is 0 Å². The third-order valence-electron chi connectivity index (χ3n) is 2.07. The fourth-order valence-corrected chi connectivity index (χ4v) is 1.29. The zero-order valence-corrected chi connectivity index (χ0v) is 9.27. The standard InChI is InChI=1S/C12H13NO3/c1-13-11(12(15)16-2)10(14)8-9-6-4-3-5-7-9/h3-7H,8H2,1-2H3. The maximum Gasteiger partial charge on any atom is 0.359 e. The Labute approximate surface area is 94.0 Å². The number of ether oxygens (including phenoxy) is 1. The minimum Gasteiger partial charge on any atom is -0.464 e. The van der Waals surface area contributed by atoms with Gasteiger partial charge in [0.1, 0.15) is 0 Å². The molecule has 0 heterocycles. The van der Waals surface area contributed by atoms with E-state index < -0.39 is 5.97 Å². The topological polar surface area (TPSA) is 55.7 Å². The van der Waals surface area contributed by atoms with Crippen molar-refractivity contribution in [3.8, 4) is 0 Å². The van der Waals surface area contributed by atoms with Crippen molar-refractivity contribution in [3.63, 3.8) is 0 Å². The molecule has 0 unspecified atom stereocenters. The van der Waals surface area contributed by atoms with Crippen molar-refractivity contribution < 1.29 is 14.3 Å². The van der Waals surface area contributed by atoms with Crippen LogP contribution in [0.1, 0.15) is 5.56 Å². The van der Waals surface area contributed by atoms with Crippen molar-refractivity contribution in [2.24, 2.45) is 4.99 Å². The predicted octanol–water partition coefficient (Wildman–Crippen LogP) is 1.04. The molecule has 0 atom stereocenters. The molecule has 0 fully saturated rings. The van der Waals surface area contributed by atoms with Gasteiger partial charge in [0.15, 0.2) is 11.5 Å². The predicted molar refractivity (Wildman–Crippen MR) is 60.5 cm³/mol. The summed E-state index contributed by atoms with van der Waals surface area (Å²) in [4.78, 5) is 26.6. The van der Waals surface area contributed by atoms with E-state index in [0.717, 1.165) is 5.56 Å². The summed E-state index contributed by atoms with van der Waals surface area (Å²) in [5, 5.41) is 0. The van der Waals surface area contributed by atoms with Crippen LogP contribution in [0.3, 0.4) is 0 Å². The highest BCUT2D eigenvalue weighted by Gasteiger charge is 2.19. The molecule has 0 bridgehead atoms. The number of ketones is 1. The van der Waals surface area contributed by atoms with Crippen molar-refractivity contribution >= 4 is 17.5 Å². The molecule has 0 aromatic heterocycles. The summed E-state index contributed by atoms with van der Waals surface area (Å²) in [5.74, 6) is -1.02. The van der Waals surface area contributed by atoms with E-state index in [-0.39, 0.29) is 17.9 Å². The molecule has 0 aliphatic heterocycles. The second-order valence-corrected chi connectivity index (χ2v) is 3.15. The van der Waals surface area contributed by atoms with E-state index in [2.05, 4.69) is 9.73 Å². The second kappa shape index (κ2) is 5.80. The number of hydrogen-bond acceptors (Lipinski definition) is 4. The van der Waals surface area contributed by atoms with Crippen LogP contribution in [-0.4, -0.2) is 31.6 Å². The molecule has 4 heteroatoms. The summed E-state index contributed by atoms with van der Waals surface area (Å²) < 4.78 is 4.47. The van der Waals surface area contributed by atoms with E-state index in [9.17, 15) is 9.59 Å². The van der Waals surface area contributed by atoms with E-state index >= 15 is 0 Å². The molecular formula is C12H13NO3. The first-order chi connectivity index (χ1) is 7.69. The zero-order valence-electron chi connectivity index (χ0n) is 9.27. The smallest absolute Gasteiger partial charge is 0.359 e. The molecule has 0 N–H and O–H groups in total. The third-order valence-corrected chi connectivity index (χ3v) is 2.07. The van der Waals surface area contributed by atoms with E-state index in [1.807, 2.05) is 30.3 Å². The Morgan fingerprint density at radius 2 is 1.88 bits per heavy atom. The summed E-state index contributed by atoms with van der Waals surface area (Å²) in [6.45, 7) is 0. The second-order valence-electron chi connectivity index (χ2n) is 3.15. The van der Waals surface area contributed by atoms with Gasteiger partial charge in [-0.1, -0.05) is 30.3 Å². The number of esters is 1.